The van der Waals surface area contributed by atoms with E-state index in [0.29, 0.717) is 23.0 Å². The van der Waals surface area contributed by atoms with Crippen LogP contribution in [-0.2, 0) is 14.8 Å². The van der Waals surface area contributed by atoms with E-state index in [2.05, 4.69) is 17.9 Å². The number of carbonyl (C=O) groups excluding carboxylic acids is 1. The number of hydrogen-bond donors (Lipinski definition) is 0. The van der Waals surface area contributed by atoms with E-state index in [9.17, 15) is 13.2 Å². The summed E-state index contributed by atoms with van der Waals surface area (Å²) in [7, 11) is -2.35. The molecular formula is C22H24N2O5S3. The van der Waals surface area contributed by atoms with Crippen LogP contribution in [0.5, 0.6) is 11.5 Å². The summed E-state index contributed by atoms with van der Waals surface area (Å²) in [6.07, 6.45) is 5.18. The lowest BCUT2D eigenvalue weighted by Crippen LogP contribution is -2.29. The van der Waals surface area contributed by atoms with Crippen molar-refractivity contribution < 1.29 is 22.7 Å². The Morgan fingerprint density at radius 3 is 2.72 bits per heavy atom. The molecule has 1 amide bonds. The van der Waals surface area contributed by atoms with E-state index in [1.54, 1.807) is 36.8 Å². The van der Waals surface area contributed by atoms with Gasteiger partial charge in [0.15, 0.2) is 16.7 Å². The molecule has 2 heterocycles. The molecule has 1 aliphatic heterocycles. The summed E-state index contributed by atoms with van der Waals surface area (Å²) in [5.74, 6) is 0.853. The van der Waals surface area contributed by atoms with E-state index in [4.69, 9.17) is 9.47 Å². The molecule has 0 saturated carbocycles. The predicted octanol–water partition coefficient (Wildman–Crippen LogP) is 4.78. The van der Waals surface area contributed by atoms with Crippen molar-refractivity contribution >= 4 is 50.3 Å². The summed E-state index contributed by atoms with van der Waals surface area (Å²) in [5, 5.41) is 1.76. The second-order valence-electron chi connectivity index (χ2n) is 6.71. The van der Waals surface area contributed by atoms with Crippen molar-refractivity contribution in [2.75, 3.05) is 20.3 Å². The van der Waals surface area contributed by atoms with Crippen molar-refractivity contribution in [2.45, 2.75) is 24.0 Å². The van der Waals surface area contributed by atoms with E-state index < -0.39 is 10.0 Å². The van der Waals surface area contributed by atoms with Crippen molar-refractivity contribution in [1.29, 1.82) is 0 Å². The SMILES string of the molecule is C=CCN1C(=O)/C(=C/c2ccc(OCCCC)c(OC)c2)S/C1=N/S(=O)(=O)c1cccs1. The smallest absolute Gasteiger partial charge is 0.294 e. The first kappa shape index (κ1) is 24.1. The molecule has 32 heavy (non-hydrogen) atoms. The summed E-state index contributed by atoms with van der Waals surface area (Å²) < 4.78 is 40.4. The maximum absolute atomic E-state index is 12.9. The van der Waals surface area contributed by atoms with Crippen LogP contribution in [0.3, 0.4) is 0 Å². The van der Waals surface area contributed by atoms with E-state index in [0.717, 1.165) is 41.5 Å². The van der Waals surface area contributed by atoms with E-state index in [-0.39, 0.29) is 21.8 Å². The van der Waals surface area contributed by atoms with Gasteiger partial charge < -0.3 is 9.47 Å². The van der Waals surface area contributed by atoms with Gasteiger partial charge in [0.05, 0.1) is 18.6 Å². The maximum Gasteiger partial charge on any atom is 0.294 e. The van der Waals surface area contributed by atoms with Gasteiger partial charge in [-0.2, -0.15) is 8.42 Å². The number of amides is 1. The molecule has 0 bridgehead atoms. The van der Waals surface area contributed by atoms with Crippen LogP contribution in [0.1, 0.15) is 25.3 Å². The molecule has 1 saturated heterocycles. The molecule has 3 rings (SSSR count). The van der Waals surface area contributed by atoms with Gasteiger partial charge in [0.1, 0.15) is 4.21 Å². The standard InChI is InChI=1S/C22H24N2O5S3/c1-4-6-12-29-17-10-9-16(14-18(17)28-3)15-19-21(25)24(11-5-2)22(31-19)23-32(26,27)20-8-7-13-30-20/h5,7-10,13-15H,2,4,6,11-12H2,1,3H3/b19-15-,23-22+. The zero-order valence-corrected chi connectivity index (χ0v) is 20.3. The van der Waals surface area contributed by atoms with Crippen LogP contribution in [0.15, 0.2) is 61.9 Å². The number of sulfonamides is 1. The first-order chi connectivity index (χ1) is 15.4. The molecule has 0 atom stereocenters. The molecule has 10 heteroatoms. The fourth-order valence-corrected chi connectivity index (χ4v) is 5.95. The molecule has 1 aromatic carbocycles. The Hall–Kier alpha value is -2.56. The highest BCUT2D eigenvalue weighted by Gasteiger charge is 2.34. The fraction of sp³-hybridized carbons (Fsp3) is 0.273. The molecule has 1 fully saturated rings. The van der Waals surface area contributed by atoms with Gasteiger partial charge >= 0.3 is 0 Å². The number of amidine groups is 1. The lowest BCUT2D eigenvalue weighted by Gasteiger charge is -2.12. The lowest BCUT2D eigenvalue weighted by atomic mass is 10.2. The molecule has 2 aromatic rings. The van der Waals surface area contributed by atoms with Crippen LogP contribution in [0.4, 0.5) is 0 Å². The highest BCUT2D eigenvalue weighted by atomic mass is 32.2. The second kappa shape index (κ2) is 10.8. The van der Waals surface area contributed by atoms with Gasteiger partial charge in [0.2, 0.25) is 0 Å². The largest absolute Gasteiger partial charge is 0.493 e. The minimum absolute atomic E-state index is 0.0982. The number of thioether (sulfide) groups is 1. The van der Waals surface area contributed by atoms with Gasteiger partial charge in [0, 0.05) is 6.54 Å². The number of benzene rings is 1. The monoisotopic (exact) mass is 492 g/mol. The number of methoxy groups -OCH3 is 1. The Balaban J connectivity index is 1.90. The zero-order chi connectivity index (χ0) is 23.1. The molecule has 0 radical (unpaired) electrons. The fourth-order valence-electron chi connectivity index (χ4n) is 2.80. The van der Waals surface area contributed by atoms with E-state index in [1.807, 2.05) is 6.07 Å². The third-order valence-electron chi connectivity index (χ3n) is 4.39. The predicted molar refractivity (Wildman–Crippen MR) is 130 cm³/mol. The van der Waals surface area contributed by atoms with Gasteiger partial charge in [-0.15, -0.1) is 22.3 Å². The Morgan fingerprint density at radius 2 is 2.06 bits per heavy atom. The van der Waals surface area contributed by atoms with E-state index >= 15 is 0 Å². The highest BCUT2D eigenvalue weighted by Crippen LogP contribution is 2.36. The summed E-state index contributed by atoms with van der Waals surface area (Å²) in [6, 6.07) is 8.51. The van der Waals surface area contributed by atoms with Crippen LogP contribution in [0, 0.1) is 0 Å². The maximum atomic E-state index is 12.9. The molecule has 0 N–H and O–H groups in total. The molecule has 1 aliphatic rings. The molecule has 0 aliphatic carbocycles. The number of unbranched alkanes of at least 4 members (excludes halogenated alkanes) is 1. The summed E-state index contributed by atoms with van der Waals surface area (Å²) in [6.45, 7) is 6.49. The first-order valence-electron chi connectivity index (χ1n) is 9.91. The molecular weight excluding hydrogens is 468 g/mol. The molecule has 1 aromatic heterocycles. The topological polar surface area (TPSA) is 85.3 Å². The minimum atomic E-state index is -3.91. The molecule has 170 valence electrons. The van der Waals surface area contributed by atoms with Crippen LogP contribution < -0.4 is 9.47 Å². The van der Waals surface area contributed by atoms with E-state index in [1.165, 1.54) is 17.0 Å². The van der Waals surface area contributed by atoms with Crippen LogP contribution in [0.2, 0.25) is 0 Å². The quantitative estimate of drug-likeness (QED) is 0.270. The lowest BCUT2D eigenvalue weighted by molar-refractivity contribution is -0.121. The summed E-state index contributed by atoms with van der Waals surface area (Å²) >= 11 is 2.09. The minimum Gasteiger partial charge on any atom is -0.493 e. The molecule has 0 spiro atoms. The Bertz CT molecular complexity index is 1140. The van der Waals surface area contributed by atoms with Crippen molar-refractivity contribution in [1.82, 2.24) is 4.90 Å². The zero-order valence-electron chi connectivity index (χ0n) is 17.8. The van der Waals surface area contributed by atoms with Crippen molar-refractivity contribution in [3.8, 4) is 11.5 Å². The first-order valence-corrected chi connectivity index (χ1v) is 13.0. The van der Waals surface area contributed by atoms with Crippen LogP contribution >= 0.6 is 23.1 Å². The number of ether oxygens (including phenoxy) is 2. The summed E-state index contributed by atoms with van der Waals surface area (Å²) in [4.78, 5) is 14.6. The van der Waals surface area contributed by atoms with Gasteiger partial charge in [-0.25, -0.2) is 0 Å². The van der Waals surface area contributed by atoms with Crippen LogP contribution in [-0.4, -0.2) is 44.7 Å². The molecule has 7 nitrogen and oxygen atoms in total. The average molecular weight is 493 g/mol. The van der Waals surface area contributed by atoms with Gasteiger partial charge in [-0.05, 0) is 53.4 Å². The highest BCUT2D eigenvalue weighted by molar-refractivity contribution is 8.19. The molecule has 0 unspecified atom stereocenters. The van der Waals surface area contributed by atoms with Gasteiger partial charge in [-0.3, -0.25) is 9.69 Å². The number of hydrogen-bond acceptors (Lipinski definition) is 7. The number of thiophene rings is 1. The third kappa shape index (κ3) is 5.62. The summed E-state index contributed by atoms with van der Waals surface area (Å²) in [5.41, 5.74) is 0.724. The van der Waals surface area contributed by atoms with Crippen LogP contribution in [0.25, 0.3) is 6.08 Å². The number of nitrogens with zero attached hydrogens (tertiary/aromatic N) is 2. The van der Waals surface area contributed by atoms with Gasteiger partial charge in [-0.1, -0.05) is 31.6 Å². The van der Waals surface area contributed by atoms with Crippen molar-refractivity contribution in [2.24, 2.45) is 4.40 Å². The second-order valence-corrected chi connectivity index (χ2v) is 10.5. The Labute approximate surface area is 196 Å². The van der Waals surface area contributed by atoms with Gasteiger partial charge in [0.25, 0.3) is 15.9 Å². The Morgan fingerprint density at radius 1 is 1.25 bits per heavy atom. The average Bonchev–Trinajstić information content (AvgIpc) is 3.41. The number of carbonyl (C=O) groups is 1. The third-order valence-corrected chi connectivity index (χ3v) is 8.15. The van der Waals surface area contributed by atoms with Crippen molar-refractivity contribution in [3.63, 3.8) is 0 Å². The number of rotatable bonds is 10. The Kier molecular flexibility index (Phi) is 8.16. The normalized spacial score (nSPS) is 16.7. The van der Waals surface area contributed by atoms with Crippen molar-refractivity contribution in [3.05, 3.63) is 58.8 Å².